The second kappa shape index (κ2) is 5.56. The molecule has 0 radical (unpaired) electrons. The lowest BCUT2D eigenvalue weighted by atomic mass is 10.3. The number of hydrogen-bond acceptors (Lipinski definition) is 2. The van der Waals surface area contributed by atoms with Crippen molar-refractivity contribution in [2.24, 2.45) is 0 Å². The number of likely N-dealkylation sites (N-methyl/N-ethyl adjacent to an activating group) is 1. The second-order valence-electron chi connectivity index (χ2n) is 3.23. The average molecular weight is 186 g/mol. The third kappa shape index (κ3) is 4.50. The van der Waals surface area contributed by atoms with Crippen molar-refractivity contribution in [3.05, 3.63) is 0 Å². The Labute approximate surface area is 79.5 Å². The molecule has 0 heterocycles. The summed E-state index contributed by atoms with van der Waals surface area (Å²) >= 11 is 0. The minimum absolute atomic E-state index is 0.0383. The zero-order chi connectivity index (χ0) is 10.4. The van der Waals surface area contributed by atoms with Crippen molar-refractivity contribution < 1.29 is 9.59 Å². The quantitative estimate of drug-likeness (QED) is 0.635. The monoisotopic (exact) mass is 186 g/mol. The second-order valence-corrected chi connectivity index (χ2v) is 3.23. The summed E-state index contributed by atoms with van der Waals surface area (Å²) in [5.41, 5.74) is 0. The van der Waals surface area contributed by atoms with E-state index in [1.807, 2.05) is 6.92 Å². The molecule has 0 atom stereocenters. The van der Waals surface area contributed by atoms with Crippen LogP contribution in [0.3, 0.4) is 0 Å². The van der Waals surface area contributed by atoms with Crippen LogP contribution in [0.25, 0.3) is 0 Å². The predicted molar refractivity (Wildman–Crippen MR) is 51.2 cm³/mol. The van der Waals surface area contributed by atoms with Gasteiger partial charge in [-0.1, -0.05) is 6.92 Å². The van der Waals surface area contributed by atoms with Crippen molar-refractivity contribution in [3.63, 3.8) is 0 Å². The summed E-state index contributed by atoms with van der Waals surface area (Å²) in [6, 6.07) is 0. The molecule has 0 aromatic carbocycles. The summed E-state index contributed by atoms with van der Waals surface area (Å²) in [5.74, 6) is -0.0827. The first-order valence-electron chi connectivity index (χ1n) is 4.44. The standard InChI is InChI=1S/C9H18N2O2/c1-5-6-11(8(2)12)7-9(13)10(3)4/h5-7H2,1-4H3. The Morgan fingerprint density at radius 1 is 1.23 bits per heavy atom. The lowest BCUT2D eigenvalue weighted by Crippen LogP contribution is -2.39. The zero-order valence-corrected chi connectivity index (χ0v) is 8.83. The van der Waals surface area contributed by atoms with Gasteiger partial charge in [0.25, 0.3) is 0 Å². The summed E-state index contributed by atoms with van der Waals surface area (Å²) in [4.78, 5) is 25.4. The molecule has 0 bridgehead atoms. The first-order valence-corrected chi connectivity index (χ1v) is 4.44. The number of nitrogens with zero attached hydrogens (tertiary/aromatic N) is 2. The fraction of sp³-hybridized carbons (Fsp3) is 0.778. The highest BCUT2D eigenvalue weighted by Gasteiger charge is 2.13. The van der Waals surface area contributed by atoms with E-state index in [4.69, 9.17) is 0 Å². The molecule has 76 valence electrons. The van der Waals surface area contributed by atoms with Crippen LogP contribution in [-0.2, 0) is 9.59 Å². The van der Waals surface area contributed by atoms with Gasteiger partial charge in [0.05, 0.1) is 6.54 Å². The van der Waals surface area contributed by atoms with Crippen LogP contribution >= 0.6 is 0 Å². The van der Waals surface area contributed by atoms with Crippen molar-refractivity contribution in [3.8, 4) is 0 Å². The van der Waals surface area contributed by atoms with E-state index in [9.17, 15) is 9.59 Å². The Balaban J connectivity index is 4.10. The van der Waals surface area contributed by atoms with Crippen LogP contribution in [-0.4, -0.2) is 48.8 Å². The summed E-state index contributed by atoms with van der Waals surface area (Å²) in [7, 11) is 3.37. The van der Waals surface area contributed by atoms with Crippen LogP contribution < -0.4 is 0 Å². The molecule has 0 N–H and O–H groups in total. The van der Waals surface area contributed by atoms with Crippen LogP contribution in [0, 0.1) is 0 Å². The van der Waals surface area contributed by atoms with Gasteiger partial charge in [0.1, 0.15) is 0 Å². The van der Waals surface area contributed by atoms with E-state index in [2.05, 4.69) is 0 Å². The van der Waals surface area contributed by atoms with Gasteiger partial charge in [-0.3, -0.25) is 9.59 Å². The molecule has 0 spiro atoms. The maximum Gasteiger partial charge on any atom is 0.241 e. The van der Waals surface area contributed by atoms with Crippen LogP contribution in [0.1, 0.15) is 20.3 Å². The summed E-state index contributed by atoms with van der Waals surface area (Å²) in [6.07, 6.45) is 0.875. The molecule has 0 aromatic rings. The molecular weight excluding hydrogens is 168 g/mol. The Bertz CT molecular complexity index is 190. The molecule has 0 unspecified atom stereocenters. The predicted octanol–water partition coefficient (Wildman–Crippen LogP) is 0.333. The summed E-state index contributed by atoms with van der Waals surface area (Å²) in [5, 5.41) is 0. The highest BCUT2D eigenvalue weighted by Crippen LogP contribution is 1.93. The van der Waals surface area contributed by atoms with Crippen molar-refractivity contribution in [2.45, 2.75) is 20.3 Å². The topological polar surface area (TPSA) is 40.6 Å². The molecule has 2 amide bonds. The fourth-order valence-corrected chi connectivity index (χ4v) is 0.922. The maximum absolute atomic E-state index is 11.3. The van der Waals surface area contributed by atoms with Gasteiger partial charge in [0, 0.05) is 27.6 Å². The fourth-order valence-electron chi connectivity index (χ4n) is 0.922. The first kappa shape index (κ1) is 11.9. The Hall–Kier alpha value is -1.06. The maximum atomic E-state index is 11.3. The number of amides is 2. The van der Waals surface area contributed by atoms with Gasteiger partial charge < -0.3 is 9.80 Å². The Morgan fingerprint density at radius 2 is 1.77 bits per heavy atom. The van der Waals surface area contributed by atoms with E-state index >= 15 is 0 Å². The van der Waals surface area contributed by atoms with E-state index in [1.165, 1.54) is 11.8 Å². The van der Waals surface area contributed by atoms with Crippen LogP contribution in [0.5, 0.6) is 0 Å². The normalized spacial score (nSPS) is 9.54. The van der Waals surface area contributed by atoms with Gasteiger partial charge in [0.2, 0.25) is 11.8 Å². The smallest absolute Gasteiger partial charge is 0.241 e. The molecule has 0 aliphatic heterocycles. The van der Waals surface area contributed by atoms with Gasteiger partial charge in [-0.05, 0) is 6.42 Å². The SMILES string of the molecule is CCCN(CC(=O)N(C)C)C(C)=O. The van der Waals surface area contributed by atoms with E-state index in [1.54, 1.807) is 19.0 Å². The molecule has 0 fully saturated rings. The molecule has 0 aromatic heterocycles. The molecule has 13 heavy (non-hydrogen) atoms. The molecule has 0 saturated heterocycles. The lowest BCUT2D eigenvalue weighted by Gasteiger charge is -2.21. The van der Waals surface area contributed by atoms with Gasteiger partial charge >= 0.3 is 0 Å². The number of rotatable bonds is 4. The molecule has 4 nitrogen and oxygen atoms in total. The summed E-state index contributed by atoms with van der Waals surface area (Å²) in [6.45, 7) is 4.31. The van der Waals surface area contributed by atoms with Crippen LogP contribution in [0.2, 0.25) is 0 Å². The summed E-state index contributed by atoms with van der Waals surface area (Å²) < 4.78 is 0. The number of hydrogen-bond donors (Lipinski definition) is 0. The van der Waals surface area contributed by atoms with Gasteiger partial charge in [-0.25, -0.2) is 0 Å². The average Bonchev–Trinajstić information content (AvgIpc) is 2.03. The van der Waals surface area contributed by atoms with E-state index in [-0.39, 0.29) is 18.4 Å². The van der Waals surface area contributed by atoms with Crippen molar-refractivity contribution in [1.29, 1.82) is 0 Å². The third-order valence-corrected chi connectivity index (χ3v) is 1.76. The van der Waals surface area contributed by atoms with Gasteiger partial charge in [-0.15, -0.1) is 0 Å². The molecule has 0 rings (SSSR count). The van der Waals surface area contributed by atoms with Gasteiger partial charge in [-0.2, -0.15) is 0 Å². The third-order valence-electron chi connectivity index (χ3n) is 1.76. The van der Waals surface area contributed by atoms with E-state index in [0.29, 0.717) is 6.54 Å². The van der Waals surface area contributed by atoms with Crippen molar-refractivity contribution in [2.75, 3.05) is 27.2 Å². The number of carbonyl (C=O) groups excluding carboxylic acids is 2. The molecular formula is C9H18N2O2. The van der Waals surface area contributed by atoms with Gasteiger partial charge in [0.15, 0.2) is 0 Å². The zero-order valence-electron chi connectivity index (χ0n) is 8.83. The number of carbonyl (C=O) groups is 2. The minimum Gasteiger partial charge on any atom is -0.347 e. The van der Waals surface area contributed by atoms with Crippen molar-refractivity contribution in [1.82, 2.24) is 9.80 Å². The highest BCUT2D eigenvalue weighted by molar-refractivity contribution is 5.83. The van der Waals surface area contributed by atoms with E-state index < -0.39 is 0 Å². The minimum atomic E-state index is -0.0444. The molecule has 0 saturated carbocycles. The Morgan fingerprint density at radius 3 is 2.08 bits per heavy atom. The molecule has 4 heteroatoms. The Kier molecular flexibility index (Phi) is 5.11. The van der Waals surface area contributed by atoms with Crippen molar-refractivity contribution >= 4 is 11.8 Å². The highest BCUT2D eigenvalue weighted by atomic mass is 16.2. The van der Waals surface area contributed by atoms with Crippen LogP contribution in [0.15, 0.2) is 0 Å². The largest absolute Gasteiger partial charge is 0.347 e. The van der Waals surface area contributed by atoms with Crippen LogP contribution in [0.4, 0.5) is 0 Å². The molecule has 0 aliphatic carbocycles. The van der Waals surface area contributed by atoms with E-state index in [0.717, 1.165) is 6.42 Å². The first-order chi connectivity index (χ1) is 5.99. The molecule has 0 aliphatic rings. The lowest BCUT2D eigenvalue weighted by molar-refractivity contribution is -0.137.